The molecule has 5 heteroatoms. The maximum absolute atomic E-state index is 6.03. The van der Waals surface area contributed by atoms with E-state index >= 15 is 0 Å². The number of aromatic nitrogens is 3. The first-order valence-electron chi connectivity index (χ1n) is 8.18. The molecule has 5 nitrogen and oxygen atoms in total. The molecule has 1 saturated heterocycles. The lowest BCUT2D eigenvalue weighted by Gasteiger charge is -2.33. The van der Waals surface area contributed by atoms with Crippen molar-refractivity contribution in [3.05, 3.63) is 42.4 Å². The molecule has 3 heterocycles. The van der Waals surface area contributed by atoms with Crippen molar-refractivity contribution in [2.75, 3.05) is 18.0 Å². The van der Waals surface area contributed by atoms with Crippen LogP contribution in [0.25, 0.3) is 0 Å². The van der Waals surface area contributed by atoms with Crippen molar-refractivity contribution in [2.45, 2.75) is 45.1 Å². The summed E-state index contributed by atoms with van der Waals surface area (Å²) >= 11 is 0. The summed E-state index contributed by atoms with van der Waals surface area (Å²) in [6.07, 6.45) is 5.83. The van der Waals surface area contributed by atoms with Crippen molar-refractivity contribution in [1.82, 2.24) is 15.2 Å². The normalized spacial score (nSPS) is 18.7. The van der Waals surface area contributed by atoms with Crippen LogP contribution in [0.4, 0.5) is 5.82 Å². The Labute approximate surface area is 137 Å². The lowest BCUT2D eigenvalue weighted by Crippen LogP contribution is -2.41. The zero-order valence-electron chi connectivity index (χ0n) is 14.1. The lowest BCUT2D eigenvalue weighted by atomic mass is 9.92. The van der Waals surface area contributed by atoms with E-state index in [-0.39, 0.29) is 11.5 Å². The third-order valence-electron chi connectivity index (χ3n) is 4.06. The van der Waals surface area contributed by atoms with Crippen molar-refractivity contribution in [2.24, 2.45) is 0 Å². The third kappa shape index (κ3) is 3.97. The fourth-order valence-corrected chi connectivity index (χ4v) is 2.75. The molecule has 0 aliphatic carbocycles. The first-order valence-corrected chi connectivity index (χ1v) is 8.18. The molecule has 2 aromatic rings. The van der Waals surface area contributed by atoms with E-state index in [0.717, 1.165) is 43.2 Å². The summed E-state index contributed by atoms with van der Waals surface area (Å²) in [4.78, 5) is 6.35. The van der Waals surface area contributed by atoms with Crippen LogP contribution in [-0.4, -0.2) is 34.4 Å². The summed E-state index contributed by atoms with van der Waals surface area (Å²) in [5, 5.41) is 8.81. The largest absolute Gasteiger partial charge is 0.487 e. The van der Waals surface area contributed by atoms with Gasteiger partial charge in [-0.25, -0.2) is 0 Å². The topological polar surface area (TPSA) is 51.1 Å². The van der Waals surface area contributed by atoms with Gasteiger partial charge >= 0.3 is 0 Å². The predicted molar refractivity (Wildman–Crippen MR) is 90.8 cm³/mol. The molecule has 122 valence electrons. The molecule has 1 aliphatic heterocycles. The average molecular weight is 312 g/mol. The molecule has 1 atom stereocenters. The van der Waals surface area contributed by atoms with Gasteiger partial charge in [-0.3, -0.25) is 4.98 Å². The summed E-state index contributed by atoms with van der Waals surface area (Å²) in [5.74, 6) is 1.76. The van der Waals surface area contributed by atoms with E-state index in [1.807, 2.05) is 12.1 Å². The van der Waals surface area contributed by atoms with E-state index in [4.69, 9.17) is 4.74 Å². The molecule has 3 rings (SSSR count). The Kier molecular flexibility index (Phi) is 4.46. The highest BCUT2D eigenvalue weighted by Gasteiger charge is 2.23. The first kappa shape index (κ1) is 15.7. The summed E-state index contributed by atoms with van der Waals surface area (Å²) in [5.41, 5.74) is 1.04. The molecule has 0 amide bonds. The molecule has 1 unspecified atom stereocenters. The molecule has 0 aromatic carbocycles. The molecule has 0 N–H and O–H groups in total. The number of rotatable bonds is 3. The summed E-state index contributed by atoms with van der Waals surface area (Å²) in [7, 11) is 0. The maximum Gasteiger partial charge on any atom is 0.151 e. The van der Waals surface area contributed by atoms with Crippen LogP contribution in [0.5, 0.6) is 5.75 Å². The lowest BCUT2D eigenvalue weighted by molar-refractivity contribution is 0.178. The Morgan fingerprint density at radius 1 is 1.17 bits per heavy atom. The Morgan fingerprint density at radius 2 is 2.04 bits per heavy atom. The van der Waals surface area contributed by atoms with Crippen LogP contribution in [0.15, 0.2) is 36.7 Å². The standard InChI is InChI=1S/C18H24N4O/c1-18(2,3)16-8-9-17(21-20-16)22-11-5-7-15(13-22)23-14-6-4-10-19-12-14/h4,6,8-10,12,15H,5,7,11,13H2,1-3H3. The Balaban J connectivity index is 1.66. The van der Waals surface area contributed by atoms with Crippen LogP contribution in [0, 0.1) is 0 Å². The smallest absolute Gasteiger partial charge is 0.151 e. The third-order valence-corrected chi connectivity index (χ3v) is 4.06. The van der Waals surface area contributed by atoms with E-state index in [0.29, 0.717) is 0 Å². The second-order valence-electron chi connectivity index (χ2n) is 7.04. The number of anilines is 1. The Bertz CT molecular complexity index is 622. The van der Waals surface area contributed by atoms with E-state index in [1.165, 1.54) is 0 Å². The van der Waals surface area contributed by atoms with Crippen LogP contribution in [0.3, 0.4) is 0 Å². The molecule has 0 spiro atoms. The van der Waals surface area contributed by atoms with E-state index in [9.17, 15) is 0 Å². The van der Waals surface area contributed by atoms with Crippen LogP contribution in [0.2, 0.25) is 0 Å². The number of pyridine rings is 1. The van der Waals surface area contributed by atoms with Crippen molar-refractivity contribution in [1.29, 1.82) is 0 Å². The van der Waals surface area contributed by atoms with Gasteiger partial charge in [-0.05, 0) is 37.1 Å². The number of nitrogens with zero attached hydrogens (tertiary/aromatic N) is 4. The zero-order valence-corrected chi connectivity index (χ0v) is 14.1. The predicted octanol–water partition coefficient (Wildman–Crippen LogP) is 3.22. The Morgan fingerprint density at radius 3 is 2.70 bits per heavy atom. The van der Waals surface area contributed by atoms with E-state index < -0.39 is 0 Å². The molecule has 23 heavy (non-hydrogen) atoms. The minimum absolute atomic E-state index is 0.0272. The van der Waals surface area contributed by atoms with E-state index in [2.05, 4.69) is 53.0 Å². The summed E-state index contributed by atoms with van der Waals surface area (Å²) in [6, 6.07) is 7.99. The van der Waals surface area contributed by atoms with Crippen LogP contribution in [-0.2, 0) is 5.41 Å². The zero-order chi connectivity index (χ0) is 16.3. The second-order valence-corrected chi connectivity index (χ2v) is 7.04. The maximum atomic E-state index is 6.03. The molecular formula is C18H24N4O. The quantitative estimate of drug-likeness (QED) is 0.871. The van der Waals surface area contributed by atoms with Gasteiger partial charge < -0.3 is 9.64 Å². The molecule has 1 aliphatic rings. The minimum Gasteiger partial charge on any atom is -0.487 e. The molecule has 0 saturated carbocycles. The molecule has 0 bridgehead atoms. The van der Waals surface area contributed by atoms with Gasteiger partial charge in [-0.1, -0.05) is 20.8 Å². The summed E-state index contributed by atoms with van der Waals surface area (Å²) in [6.45, 7) is 8.27. The van der Waals surface area contributed by atoms with Crippen molar-refractivity contribution >= 4 is 5.82 Å². The number of hydrogen-bond acceptors (Lipinski definition) is 5. The van der Waals surface area contributed by atoms with Crippen molar-refractivity contribution in [3.8, 4) is 5.75 Å². The first-order chi connectivity index (χ1) is 11.0. The van der Waals surface area contributed by atoms with Crippen molar-refractivity contribution in [3.63, 3.8) is 0 Å². The van der Waals surface area contributed by atoms with Gasteiger partial charge in [-0.15, -0.1) is 5.10 Å². The van der Waals surface area contributed by atoms with Gasteiger partial charge in [-0.2, -0.15) is 5.10 Å². The highest BCUT2D eigenvalue weighted by molar-refractivity contribution is 5.39. The van der Waals surface area contributed by atoms with Crippen LogP contribution >= 0.6 is 0 Å². The number of piperidine rings is 1. The fraction of sp³-hybridized carbons (Fsp3) is 0.500. The van der Waals surface area contributed by atoms with Crippen LogP contribution < -0.4 is 9.64 Å². The van der Waals surface area contributed by atoms with E-state index in [1.54, 1.807) is 12.4 Å². The van der Waals surface area contributed by atoms with Gasteiger partial charge in [0.05, 0.1) is 18.4 Å². The number of ether oxygens (including phenoxy) is 1. The average Bonchev–Trinajstić information content (AvgIpc) is 2.55. The van der Waals surface area contributed by atoms with Gasteiger partial charge in [0.15, 0.2) is 5.82 Å². The molecule has 2 aromatic heterocycles. The van der Waals surface area contributed by atoms with Gasteiger partial charge in [0.25, 0.3) is 0 Å². The molecule has 0 radical (unpaired) electrons. The van der Waals surface area contributed by atoms with Gasteiger partial charge in [0, 0.05) is 18.2 Å². The number of hydrogen-bond donors (Lipinski definition) is 0. The molecule has 1 fully saturated rings. The van der Waals surface area contributed by atoms with Gasteiger partial charge in [0.2, 0.25) is 0 Å². The highest BCUT2D eigenvalue weighted by Crippen LogP contribution is 2.23. The summed E-state index contributed by atoms with van der Waals surface area (Å²) < 4.78 is 6.03. The Hall–Kier alpha value is -2.17. The van der Waals surface area contributed by atoms with Crippen LogP contribution in [0.1, 0.15) is 39.3 Å². The van der Waals surface area contributed by atoms with Gasteiger partial charge in [0.1, 0.15) is 11.9 Å². The molecular weight excluding hydrogens is 288 g/mol. The fourth-order valence-electron chi connectivity index (χ4n) is 2.75. The van der Waals surface area contributed by atoms with Crippen molar-refractivity contribution < 1.29 is 4.74 Å². The SMILES string of the molecule is CC(C)(C)c1ccc(N2CCCC(Oc3cccnc3)C2)nn1. The second kappa shape index (κ2) is 6.52. The minimum atomic E-state index is 0.0272. The monoisotopic (exact) mass is 312 g/mol. The highest BCUT2D eigenvalue weighted by atomic mass is 16.5.